The Morgan fingerprint density at radius 2 is 1.90 bits per heavy atom. The molecule has 160 valence electrons. The topological polar surface area (TPSA) is 76.1 Å². The first kappa shape index (κ1) is 21.6. The normalized spacial score (nSPS) is 15.7. The van der Waals surface area contributed by atoms with Gasteiger partial charge in [-0.25, -0.2) is 4.98 Å². The molecule has 1 aromatic heterocycles. The number of halogens is 2. The number of rotatable bonds is 7. The van der Waals surface area contributed by atoms with Crippen LogP contribution in [-0.4, -0.2) is 35.6 Å². The van der Waals surface area contributed by atoms with Crippen LogP contribution in [0.2, 0.25) is 10.0 Å². The number of aromatic nitrogens is 2. The summed E-state index contributed by atoms with van der Waals surface area (Å²) in [6, 6.07) is 13.5. The lowest BCUT2D eigenvalue weighted by atomic mass is 10.0. The average molecular weight is 457 g/mol. The fraction of sp³-hybridized carbons (Fsp3) is 0.261. The number of carbonyl (C=O) groups is 1. The average Bonchev–Trinajstić information content (AvgIpc) is 3.20. The molecule has 1 aliphatic rings. The van der Waals surface area contributed by atoms with E-state index < -0.39 is 0 Å². The summed E-state index contributed by atoms with van der Waals surface area (Å²) in [4.78, 5) is 20.5. The minimum atomic E-state index is 0.101. The van der Waals surface area contributed by atoms with Crippen LogP contribution in [0.25, 0.3) is 22.4 Å². The summed E-state index contributed by atoms with van der Waals surface area (Å²) in [5, 5.41) is 7.42. The van der Waals surface area contributed by atoms with Crippen LogP contribution >= 0.6 is 23.2 Å². The zero-order valence-corrected chi connectivity index (χ0v) is 18.5. The van der Waals surface area contributed by atoms with Crippen molar-refractivity contribution in [1.29, 1.82) is 0 Å². The van der Waals surface area contributed by atoms with Crippen molar-refractivity contribution in [2.75, 3.05) is 13.7 Å². The van der Waals surface area contributed by atoms with Gasteiger partial charge in [0.25, 0.3) is 0 Å². The smallest absolute Gasteiger partial charge is 0.237 e. The van der Waals surface area contributed by atoms with E-state index in [1.807, 2.05) is 42.5 Å². The molecule has 0 saturated carbocycles. The molecule has 1 unspecified atom stereocenters. The Kier molecular flexibility index (Phi) is 6.70. The summed E-state index contributed by atoms with van der Waals surface area (Å²) in [7, 11) is 1.57. The van der Waals surface area contributed by atoms with Gasteiger partial charge in [-0.1, -0.05) is 59.6 Å². The van der Waals surface area contributed by atoms with Crippen LogP contribution in [0.4, 0.5) is 0 Å². The molecule has 31 heavy (non-hydrogen) atoms. The van der Waals surface area contributed by atoms with Gasteiger partial charge in [-0.3, -0.25) is 9.78 Å². The molecular weight excluding hydrogens is 435 g/mol. The van der Waals surface area contributed by atoms with E-state index in [1.54, 1.807) is 13.3 Å². The highest BCUT2D eigenvalue weighted by Crippen LogP contribution is 2.38. The molecule has 2 N–H and O–H groups in total. The lowest BCUT2D eigenvalue weighted by molar-refractivity contribution is -0.119. The molecule has 1 fully saturated rings. The third-order valence-corrected chi connectivity index (χ3v) is 5.95. The standard InChI is InChI=1S/C23H22Cl2N4O2/c1-31-23-20(12-26-11-14-9-10-21(30)28-14)27-13-19(29-23)17-7-4-6-16(22(17)25)15-5-2-3-8-18(15)24/h2-8,13-14,26H,9-12H2,1H3,(H,28,30). The lowest BCUT2D eigenvalue weighted by Gasteiger charge is -2.14. The zero-order chi connectivity index (χ0) is 21.8. The first-order chi connectivity index (χ1) is 15.1. The number of amides is 1. The molecule has 1 atom stereocenters. The second-order valence-corrected chi connectivity index (χ2v) is 8.08. The molecule has 4 rings (SSSR count). The zero-order valence-electron chi connectivity index (χ0n) is 17.0. The van der Waals surface area contributed by atoms with E-state index in [4.69, 9.17) is 27.9 Å². The summed E-state index contributed by atoms with van der Waals surface area (Å²) in [6.45, 7) is 1.15. The summed E-state index contributed by atoms with van der Waals surface area (Å²) in [5.74, 6) is 0.532. The number of carbonyl (C=O) groups excluding carboxylic acids is 1. The number of hydrogen-bond donors (Lipinski definition) is 2. The first-order valence-electron chi connectivity index (χ1n) is 10.0. The van der Waals surface area contributed by atoms with E-state index in [0.29, 0.717) is 46.8 Å². The van der Waals surface area contributed by atoms with E-state index in [-0.39, 0.29) is 11.9 Å². The van der Waals surface area contributed by atoms with Gasteiger partial charge < -0.3 is 15.4 Å². The molecule has 2 aromatic carbocycles. The van der Waals surface area contributed by atoms with E-state index >= 15 is 0 Å². The van der Waals surface area contributed by atoms with Gasteiger partial charge in [-0.15, -0.1) is 0 Å². The van der Waals surface area contributed by atoms with Gasteiger partial charge in [0.05, 0.1) is 24.0 Å². The van der Waals surface area contributed by atoms with Gasteiger partial charge in [0.2, 0.25) is 11.8 Å². The Hall–Kier alpha value is -2.67. The SMILES string of the molecule is COc1nc(-c2cccc(-c3ccccc3Cl)c2Cl)cnc1CNCC1CCC(=O)N1. The minimum Gasteiger partial charge on any atom is -0.480 e. The predicted molar refractivity (Wildman–Crippen MR) is 122 cm³/mol. The Bertz CT molecular complexity index is 1110. The van der Waals surface area contributed by atoms with E-state index in [9.17, 15) is 4.79 Å². The first-order valence-corrected chi connectivity index (χ1v) is 10.8. The molecule has 2 heterocycles. The fourth-order valence-electron chi connectivity index (χ4n) is 3.62. The van der Waals surface area contributed by atoms with Crippen LogP contribution in [0.5, 0.6) is 5.88 Å². The quantitative estimate of drug-likeness (QED) is 0.547. The molecule has 0 bridgehead atoms. The number of methoxy groups -OCH3 is 1. The van der Waals surface area contributed by atoms with Crippen LogP contribution in [0.1, 0.15) is 18.5 Å². The number of nitrogens with zero attached hydrogens (tertiary/aromatic N) is 2. The molecule has 1 saturated heterocycles. The molecule has 6 nitrogen and oxygen atoms in total. The van der Waals surface area contributed by atoms with E-state index in [1.165, 1.54) is 0 Å². The fourth-order valence-corrected chi connectivity index (χ4v) is 4.19. The van der Waals surface area contributed by atoms with Gasteiger partial charge in [0, 0.05) is 47.3 Å². The second kappa shape index (κ2) is 9.64. The number of hydrogen-bond acceptors (Lipinski definition) is 5. The molecule has 3 aromatic rings. The molecule has 1 aliphatic heterocycles. The molecule has 1 amide bonds. The number of ether oxygens (including phenoxy) is 1. The van der Waals surface area contributed by atoms with Crippen LogP contribution < -0.4 is 15.4 Å². The highest BCUT2D eigenvalue weighted by atomic mass is 35.5. The monoisotopic (exact) mass is 456 g/mol. The molecule has 0 spiro atoms. The van der Waals surface area contributed by atoms with Crippen molar-refractivity contribution in [3.05, 3.63) is 64.4 Å². The van der Waals surface area contributed by atoms with Crippen LogP contribution in [0, 0.1) is 0 Å². The maximum Gasteiger partial charge on any atom is 0.237 e. The van der Waals surface area contributed by atoms with Gasteiger partial charge in [-0.2, -0.15) is 0 Å². The van der Waals surface area contributed by atoms with Crippen LogP contribution in [0.3, 0.4) is 0 Å². The van der Waals surface area contributed by atoms with Crippen molar-refractivity contribution in [3.63, 3.8) is 0 Å². The Labute approximate surface area is 191 Å². The predicted octanol–water partition coefficient (Wildman–Crippen LogP) is 4.49. The highest BCUT2D eigenvalue weighted by Gasteiger charge is 2.20. The van der Waals surface area contributed by atoms with Crippen molar-refractivity contribution >= 4 is 29.1 Å². The third kappa shape index (κ3) is 4.82. The highest BCUT2D eigenvalue weighted by molar-refractivity contribution is 6.38. The van der Waals surface area contributed by atoms with Crippen molar-refractivity contribution < 1.29 is 9.53 Å². The van der Waals surface area contributed by atoms with Gasteiger partial charge >= 0.3 is 0 Å². The second-order valence-electron chi connectivity index (χ2n) is 7.29. The summed E-state index contributed by atoms with van der Waals surface area (Å²) in [6.07, 6.45) is 3.11. The summed E-state index contributed by atoms with van der Waals surface area (Å²) < 4.78 is 5.47. The Morgan fingerprint density at radius 1 is 1.13 bits per heavy atom. The summed E-state index contributed by atoms with van der Waals surface area (Å²) in [5.41, 5.74) is 3.74. The maximum atomic E-state index is 11.3. The Balaban J connectivity index is 1.56. The van der Waals surface area contributed by atoms with Gasteiger partial charge in [0.15, 0.2) is 0 Å². The lowest BCUT2D eigenvalue weighted by Crippen LogP contribution is -2.35. The Morgan fingerprint density at radius 3 is 2.65 bits per heavy atom. The van der Waals surface area contributed by atoms with Gasteiger partial charge in [-0.05, 0) is 12.5 Å². The molecular formula is C23H22Cl2N4O2. The third-order valence-electron chi connectivity index (χ3n) is 5.21. The van der Waals surface area contributed by atoms with Crippen molar-refractivity contribution in [2.24, 2.45) is 0 Å². The molecule has 0 aliphatic carbocycles. The summed E-state index contributed by atoms with van der Waals surface area (Å²) >= 11 is 13.1. The minimum absolute atomic E-state index is 0.101. The number of nitrogens with one attached hydrogen (secondary N) is 2. The van der Waals surface area contributed by atoms with E-state index in [2.05, 4.69) is 20.6 Å². The van der Waals surface area contributed by atoms with Gasteiger partial charge in [0.1, 0.15) is 5.69 Å². The number of benzene rings is 2. The van der Waals surface area contributed by atoms with Crippen molar-refractivity contribution in [3.8, 4) is 28.3 Å². The van der Waals surface area contributed by atoms with Crippen molar-refractivity contribution in [1.82, 2.24) is 20.6 Å². The van der Waals surface area contributed by atoms with E-state index in [0.717, 1.165) is 23.1 Å². The molecule has 8 heteroatoms. The van der Waals surface area contributed by atoms with Crippen molar-refractivity contribution in [2.45, 2.75) is 25.4 Å². The molecule has 0 radical (unpaired) electrons. The van der Waals surface area contributed by atoms with Crippen LogP contribution in [0.15, 0.2) is 48.7 Å². The maximum absolute atomic E-state index is 11.3. The van der Waals surface area contributed by atoms with Crippen LogP contribution in [-0.2, 0) is 11.3 Å². The largest absolute Gasteiger partial charge is 0.480 e.